The van der Waals surface area contributed by atoms with Crippen LogP contribution in [0.1, 0.15) is 47.0 Å². The molecule has 88 valence electrons. The molecule has 2 N–H and O–H groups in total. The van der Waals surface area contributed by atoms with E-state index in [-0.39, 0.29) is 17.7 Å². The van der Waals surface area contributed by atoms with Crippen LogP contribution < -0.4 is 5.32 Å². The summed E-state index contributed by atoms with van der Waals surface area (Å²) in [5.74, 6) is 0. The zero-order valence-electron chi connectivity index (χ0n) is 9.96. The Balaban J connectivity index is 2.38. The SMILES string of the molecule is CC(O)CC1(NC(=O)OC(C)(C)C)CC1. The molecule has 1 rings (SSSR count). The van der Waals surface area contributed by atoms with Crippen molar-refractivity contribution in [2.45, 2.75) is 64.2 Å². The highest BCUT2D eigenvalue weighted by Gasteiger charge is 2.45. The smallest absolute Gasteiger partial charge is 0.408 e. The molecule has 0 saturated heterocycles. The topological polar surface area (TPSA) is 58.6 Å². The zero-order chi connectivity index (χ0) is 11.7. The molecule has 0 heterocycles. The fraction of sp³-hybridized carbons (Fsp3) is 0.909. The van der Waals surface area contributed by atoms with Gasteiger partial charge in [-0.3, -0.25) is 0 Å². The van der Waals surface area contributed by atoms with Crippen molar-refractivity contribution in [3.05, 3.63) is 0 Å². The van der Waals surface area contributed by atoms with Gasteiger partial charge in [0.2, 0.25) is 0 Å². The average molecular weight is 215 g/mol. The molecule has 1 aliphatic carbocycles. The van der Waals surface area contributed by atoms with Crippen LogP contribution in [0.4, 0.5) is 4.79 Å². The molecule has 1 aliphatic rings. The molecule has 4 nitrogen and oxygen atoms in total. The first kappa shape index (κ1) is 12.3. The second-order valence-electron chi connectivity index (χ2n) is 5.46. The zero-order valence-corrected chi connectivity index (χ0v) is 9.96. The average Bonchev–Trinajstić information content (AvgIpc) is 2.61. The van der Waals surface area contributed by atoms with Crippen molar-refractivity contribution in [2.75, 3.05) is 0 Å². The summed E-state index contributed by atoms with van der Waals surface area (Å²) < 4.78 is 5.16. The van der Waals surface area contributed by atoms with Gasteiger partial charge >= 0.3 is 6.09 Å². The Hall–Kier alpha value is -0.770. The molecule has 1 atom stereocenters. The summed E-state index contributed by atoms with van der Waals surface area (Å²) in [6.45, 7) is 7.24. The van der Waals surface area contributed by atoms with Gasteiger partial charge in [0, 0.05) is 5.54 Å². The second-order valence-corrected chi connectivity index (χ2v) is 5.46. The minimum atomic E-state index is -0.467. The van der Waals surface area contributed by atoms with Crippen LogP contribution in [0, 0.1) is 0 Å². The third-order valence-corrected chi connectivity index (χ3v) is 2.31. The highest BCUT2D eigenvalue weighted by Crippen LogP contribution is 2.39. The Morgan fingerprint density at radius 3 is 2.40 bits per heavy atom. The Morgan fingerprint density at radius 2 is 2.07 bits per heavy atom. The molecule has 0 aromatic rings. The van der Waals surface area contributed by atoms with Crippen LogP contribution in [-0.2, 0) is 4.74 Å². The summed E-state index contributed by atoms with van der Waals surface area (Å²) >= 11 is 0. The molecule has 0 radical (unpaired) electrons. The van der Waals surface area contributed by atoms with Crippen molar-refractivity contribution in [1.82, 2.24) is 5.32 Å². The number of hydrogen-bond acceptors (Lipinski definition) is 3. The van der Waals surface area contributed by atoms with Gasteiger partial charge in [0.25, 0.3) is 0 Å². The normalized spacial score (nSPS) is 20.6. The van der Waals surface area contributed by atoms with Gasteiger partial charge in [-0.05, 0) is 47.0 Å². The van der Waals surface area contributed by atoms with Gasteiger partial charge in [0.1, 0.15) is 5.60 Å². The van der Waals surface area contributed by atoms with E-state index in [1.165, 1.54) is 0 Å². The summed E-state index contributed by atoms with van der Waals surface area (Å²) in [6.07, 6.45) is 1.68. The Labute approximate surface area is 91.0 Å². The number of nitrogens with one attached hydrogen (secondary N) is 1. The van der Waals surface area contributed by atoms with Crippen molar-refractivity contribution in [2.24, 2.45) is 0 Å². The first-order valence-corrected chi connectivity index (χ1v) is 5.42. The van der Waals surface area contributed by atoms with E-state index in [2.05, 4.69) is 5.32 Å². The second kappa shape index (κ2) is 4.00. The lowest BCUT2D eigenvalue weighted by Crippen LogP contribution is -2.42. The van der Waals surface area contributed by atoms with E-state index in [4.69, 9.17) is 4.74 Å². The first-order chi connectivity index (χ1) is 6.72. The number of amides is 1. The van der Waals surface area contributed by atoms with E-state index in [9.17, 15) is 9.90 Å². The van der Waals surface area contributed by atoms with E-state index in [1.807, 2.05) is 20.8 Å². The predicted molar refractivity (Wildman–Crippen MR) is 57.6 cm³/mol. The molecule has 0 spiro atoms. The van der Waals surface area contributed by atoms with Gasteiger partial charge in [-0.2, -0.15) is 0 Å². The Kier molecular flexibility index (Phi) is 3.28. The third-order valence-electron chi connectivity index (χ3n) is 2.31. The summed E-state index contributed by atoms with van der Waals surface area (Å²) in [6, 6.07) is 0. The maximum atomic E-state index is 11.5. The van der Waals surface area contributed by atoms with E-state index in [0.717, 1.165) is 12.8 Å². The van der Waals surface area contributed by atoms with Crippen molar-refractivity contribution in [1.29, 1.82) is 0 Å². The van der Waals surface area contributed by atoms with Crippen LogP contribution in [0.15, 0.2) is 0 Å². The third kappa shape index (κ3) is 4.51. The minimum absolute atomic E-state index is 0.212. The summed E-state index contributed by atoms with van der Waals surface area (Å²) in [5, 5.41) is 12.1. The summed E-state index contributed by atoms with van der Waals surface area (Å²) in [4.78, 5) is 11.5. The molecule has 0 aliphatic heterocycles. The molecule has 4 heteroatoms. The van der Waals surface area contributed by atoms with Crippen molar-refractivity contribution >= 4 is 6.09 Å². The predicted octanol–water partition coefficient (Wildman–Crippen LogP) is 1.81. The van der Waals surface area contributed by atoms with Crippen LogP contribution in [0.2, 0.25) is 0 Å². The highest BCUT2D eigenvalue weighted by atomic mass is 16.6. The number of ether oxygens (including phenoxy) is 1. The molecule has 1 fully saturated rings. The Morgan fingerprint density at radius 1 is 1.53 bits per heavy atom. The van der Waals surface area contributed by atoms with Gasteiger partial charge in [0.15, 0.2) is 0 Å². The van der Waals surface area contributed by atoms with E-state index >= 15 is 0 Å². The van der Waals surface area contributed by atoms with E-state index in [1.54, 1.807) is 6.92 Å². The first-order valence-electron chi connectivity index (χ1n) is 5.42. The molecule has 0 bridgehead atoms. The van der Waals surface area contributed by atoms with Crippen LogP contribution in [-0.4, -0.2) is 28.4 Å². The maximum Gasteiger partial charge on any atom is 0.408 e. The molecule has 0 aromatic carbocycles. The molecule has 1 amide bonds. The van der Waals surface area contributed by atoms with Crippen LogP contribution in [0.3, 0.4) is 0 Å². The lowest BCUT2D eigenvalue weighted by atomic mass is 10.1. The molecule has 0 aromatic heterocycles. The van der Waals surface area contributed by atoms with Crippen LogP contribution in [0.25, 0.3) is 0 Å². The minimum Gasteiger partial charge on any atom is -0.444 e. The maximum absolute atomic E-state index is 11.5. The summed E-state index contributed by atoms with van der Waals surface area (Å²) in [5.41, 5.74) is -0.679. The fourth-order valence-corrected chi connectivity index (χ4v) is 1.62. The number of rotatable bonds is 3. The number of carbonyl (C=O) groups is 1. The van der Waals surface area contributed by atoms with Crippen molar-refractivity contribution in [3.63, 3.8) is 0 Å². The molecule has 15 heavy (non-hydrogen) atoms. The number of carbonyl (C=O) groups excluding carboxylic acids is 1. The quantitative estimate of drug-likeness (QED) is 0.755. The standard InChI is InChI=1S/C11H21NO3/c1-8(13)7-11(5-6-11)12-9(14)15-10(2,3)4/h8,13H,5-7H2,1-4H3,(H,12,14). The van der Waals surface area contributed by atoms with Gasteiger partial charge < -0.3 is 15.2 Å². The van der Waals surface area contributed by atoms with Crippen molar-refractivity contribution in [3.8, 4) is 0 Å². The van der Waals surface area contributed by atoms with Gasteiger partial charge in [-0.15, -0.1) is 0 Å². The molecule has 1 saturated carbocycles. The van der Waals surface area contributed by atoms with Crippen molar-refractivity contribution < 1.29 is 14.6 Å². The number of aliphatic hydroxyl groups is 1. The van der Waals surface area contributed by atoms with Gasteiger partial charge in [-0.1, -0.05) is 0 Å². The lowest BCUT2D eigenvalue weighted by molar-refractivity contribution is 0.0476. The lowest BCUT2D eigenvalue weighted by Gasteiger charge is -2.24. The van der Waals surface area contributed by atoms with E-state index < -0.39 is 5.60 Å². The van der Waals surface area contributed by atoms with Crippen LogP contribution >= 0.6 is 0 Å². The monoisotopic (exact) mass is 215 g/mol. The highest BCUT2D eigenvalue weighted by molar-refractivity contribution is 5.69. The van der Waals surface area contributed by atoms with E-state index in [0.29, 0.717) is 6.42 Å². The molecule has 1 unspecified atom stereocenters. The summed E-state index contributed by atoms with van der Waals surface area (Å²) in [7, 11) is 0. The molecular formula is C11H21NO3. The fourth-order valence-electron chi connectivity index (χ4n) is 1.62. The largest absolute Gasteiger partial charge is 0.444 e. The van der Waals surface area contributed by atoms with Gasteiger partial charge in [0.05, 0.1) is 6.10 Å². The Bertz CT molecular complexity index is 239. The number of alkyl carbamates (subject to hydrolysis) is 1. The number of aliphatic hydroxyl groups excluding tert-OH is 1. The number of hydrogen-bond donors (Lipinski definition) is 2. The van der Waals surface area contributed by atoms with Gasteiger partial charge in [-0.25, -0.2) is 4.79 Å². The molecular weight excluding hydrogens is 194 g/mol. The van der Waals surface area contributed by atoms with Crippen LogP contribution in [0.5, 0.6) is 0 Å².